The van der Waals surface area contributed by atoms with Crippen LogP contribution in [0.3, 0.4) is 0 Å². The average molecular weight is 295 g/mol. The average Bonchev–Trinajstić information content (AvgIpc) is 2.41. The number of amides is 1. The summed E-state index contributed by atoms with van der Waals surface area (Å²) in [6.07, 6.45) is 3.50. The largest absolute Gasteiger partial charge is 0.480 e. The van der Waals surface area contributed by atoms with E-state index in [0.717, 1.165) is 24.2 Å². The minimum absolute atomic E-state index is 0.0190. The number of aliphatic carboxylic acids is 1. The van der Waals surface area contributed by atoms with Gasteiger partial charge >= 0.3 is 5.97 Å². The Bertz CT molecular complexity index is 462. The number of nitrogens with one attached hydrogen (secondary N) is 1. The van der Waals surface area contributed by atoms with Crippen LogP contribution in [0.4, 0.5) is 5.69 Å². The lowest BCUT2D eigenvalue weighted by atomic mass is 10.2. The third-order valence-electron chi connectivity index (χ3n) is 2.82. The molecular weight excluding hydrogens is 274 g/mol. The summed E-state index contributed by atoms with van der Waals surface area (Å²) in [5.74, 6) is -0.881. The minimum atomic E-state index is -0.862. The second kappa shape index (κ2) is 8.64. The Morgan fingerprint density at radius 2 is 2.00 bits per heavy atom. The van der Waals surface area contributed by atoms with Gasteiger partial charge < -0.3 is 10.4 Å². The van der Waals surface area contributed by atoms with Gasteiger partial charge in [0.15, 0.2) is 0 Å². The molecule has 1 aromatic rings. The van der Waals surface area contributed by atoms with Crippen molar-refractivity contribution in [3.8, 4) is 0 Å². The van der Waals surface area contributed by atoms with E-state index in [4.69, 9.17) is 5.11 Å². The van der Waals surface area contributed by atoms with Crippen molar-refractivity contribution in [1.82, 2.24) is 0 Å². The summed E-state index contributed by atoms with van der Waals surface area (Å²) < 4.78 is 0. The van der Waals surface area contributed by atoms with Gasteiger partial charge in [-0.15, -0.1) is 11.8 Å². The van der Waals surface area contributed by atoms with E-state index in [2.05, 4.69) is 12.2 Å². The van der Waals surface area contributed by atoms with Crippen LogP contribution in [0, 0.1) is 0 Å². The van der Waals surface area contributed by atoms with Crippen LogP contribution in [-0.4, -0.2) is 22.2 Å². The van der Waals surface area contributed by atoms with E-state index < -0.39 is 11.2 Å². The Morgan fingerprint density at radius 3 is 2.65 bits per heavy atom. The van der Waals surface area contributed by atoms with Crippen molar-refractivity contribution in [3.05, 3.63) is 24.3 Å². The zero-order valence-corrected chi connectivity index (χ0v) is 12.7. The summed E-state index contributed by atoms with van der Waals surface area (Å²) in [7, 11) is 0. The maximum atomic E-state index is 11.8. The van der Waals surface area contributed by atoms with Crippen LogP contribution in [-0.2, 0) is 9.59 Å². The number of para-hydroxylation sites is 1. The number of carbonyl (C=O) groups is 2. The standard InChI is InChI=1S/C15H21NO3S/c1-3-4-5-10-14(17)16-12-8-6-7-9-13(12)20-11(2)15(18)19/h6-9,11H,3-5,10H2,1-2H3,(H,16,17)(H,18,19)/t11-/m1/s1. The third-order valence-corrected chi connectivity index (χ3v) is 3.99. The van der Waals surface area contributed by atoms with Gasteiger partial charge in [-0.05, 0) is 25.5 Å². The molecule has 1 rings (SSSR count). The molecule has 0 saturated heterocycles. The molecule has 0 spiro atoms. The Labute approximate surface area is 124 Å². The van der Waals surface area contributed by atoms with Crippen molar-refractivity contribution < 1.29 is 14.7 Å². The van der Waals surface area contributed by atoms with E-state index in [-0.39, 0.29) is 5.91 Å². The second-order valence-corrected chi connectivity index (χ2v) is 5.98. The summed E-state index contributed by atoms with van der Waals surface area (Å²) in [5.41, 5.74) is 0.687. The summed E-state index contributed by atoms with van der Waals surface area (Å²) in [5, 5.41) is 11.3. The SMILES string of the molecule is CCCCCC(=O)Nc1ccccc1S[C@H](C)C(=O)O. The molecule has 0 fully saturated rings. The molecule has 20 heavy (non-hydrogen) atoms. The van der Waals surface area contributed by atoms with Gasteiger partial charge in [0.25, 0.3) is 0 Å². The van der Waals surface area contributed by atoms with Crippen LogP contribution in [0.2, 0.25) is 0 Å². The fourth-order valence-corrected chi connectivity index (χ4v) is 2.55. The number of benzene rings is 1. The fourth-order valence-electron chi connectivity index (χ4n) is 1.66. The van der Waals surface area contributed by atoms with Crippen LogP contribution in [0.1, 0.15) is 39.5 Å². The molecule has 0 radical (unpaired) electrons. The lowest BCUT2D eigenvalue weighted by molar-refractivity contribution is -0.136. The number of carboxylic acids is 1. The van der Waals surface area contributed by atoms with Gasteiger partial charge in [0.05, 0.1) is 5.69 Å². The lowest BCUT2D eigenvalue weighted by Crippen LogP contribution is -2.14. The van der Waals surface area contributed by atoms with Gasteiger partial charge in [-0.2, -0.15) is 0 Å². The second-order valence-electron chi connectivity index (χ2n) is 4.60. The number of rotatable bonds is 8. The molecule has 0 bridgehead atoms. The van der Waals surface area contributed by atoms with Crippen LogP contribution >= 0.6 is 11.8 Å². The molecule has 0 aliphatic rings. The van der Waals surface area contributed by atoms with Gasteiger partial charge in [-0.25, -0.2) is 0 Å². The number of anilines is 1. The van der Waals surface area contributed by atoms with Gasteiger partial charge in [-0.3, -0.25) is 9.59 Å². The van der Waals surface area contributed by atoms with Crippen LogP contribution in [0.15, 0.2) is 29.2 Å². The molecule has 0 aliphatic carbocycles. The molecular formula is C15H21NO3S. The van der Waals surface area contributed by atoms with Crippen molar-refractivity contribution in [3.63, 3.8) is 0 Å². The third kappa shape index (κ3) is 5.65. The monoisotopic (exact) mass is 295 g/mol. The molecule has 2 N–H and O–H groups in total. The highest BCUT2D eigenvalue weighted by atomic mass is 32.2. The minimum Gasteiger partial charge on any atom is -0.480 e. The molecule has 1 aromatic carbocycles. The first-order valence-corrected chi connectivity index (χ1v) is 7.71. The highest BCUT2D eigenvalue weighted by molar-refractivity contribution is 8.00. The number of carbonyl (C=O) groups excluding carboxylic acids is 1. The molecule has 110 valence electrons. The first kappa shape index (κ1) is 16.6. The Morgan fingerprint density at radius 1 is 1.30 bits per heavy atom. The number of thioether (sulfide) groups is 1. The van der Waals surface area contributed by atoms with E-state index in [1.807, 2.05) is 18.2 Å². The molecule has 4 nitrogen and oxygen atoms in total. The first-order valence-electron chi connectivity index (χ1n) is 6.83. The van der Waals surface area contributed by atoms with E-state index in [0.29, 0.717) is 12.1 Å². The van der Waals surface area contributed by atoms with Crippen molar-refractivity contribution >= 4 is 29.3 Å². The topological polar surface area (TPSA) is 66.4 Å². The smallest absolute Gasteiger partial charge is 0.316 e. The first-order chi connectivity index (χ1) is 9.54. The van der Waals surface area contributed by atoms with Crippen molar-refractivity contribution in [2.45, 2.75) is 49.7 Å². The number of unbranched alkanes of at least 4 members (excludes halogenated alkanes) is 2. The highest BCUT2D eigenvalue weighted by Crippen LogP contribution is 2.30. The van der Waals surface area contributed by atoms with E-state index in [9.17, 15) is 9.59 Å². The predicted molar refractivity (Wildman–Crippen MR) is 82.2 cm³/mol. The molecule has 0 unspecified atom stereocenters. The zero-order chi connectivity index (χ0) is 15.0. The fraction of sp³-hybridized carbons (Fsp3) is 0.467. The molecule has 1 amide bonds. The number of hydrogen-bond acceptors (Lipinski definition) is 3. The summed E-state index contributed by atoms with van der Waals surface area (Å²) >= 11 is 1.23. The summed E-state index contributed by atoms with van der Waals surface area (Å²) in [4.78, 5) is 23.5. The van der Waals surface area contributed by atoms with E-state index in [1.54, 1.807) is 13.0 Å². The van der Waals surface area contributed by atoms with Gasteiger partial charge in [-0.1, -0.05) is 31.9 Å². The molecule has 5 heteroatoms. The zero-order valence-electron chi connectivity index (χ0n) is 11.9. The molecule has 1 atom stereocenters. The van der Waals surface area contributed by atoms with Crippen LogP contribution in [0.25, 0.3) is 0 Å². The predicted octanol–water partition coefficient (Wildman–Crippen LogP) is 3.77. The molecule has 0 aromatic heterocycles. The summed E-state index contributed by atoms with van der Waals surface area (Å²) in [6.45, 7) is 3.73. The number of hydrogen-bond donors (Lipinski definition) is 2. The Balaban J connectivity index is 2.65. The van der Waals surface area contributed by atoms with E-state index >= 15 is 0 Å². The maximum Gasteiger partial charge on any atom is 0.316 e. The lowest BCUT2D eigenvalue weighted by Gasteiger charge is -2.12. The maximum absolute atomic E-state index is 11.8. The molecule has 0 aliphatic heterocycles. The van der Waals surface area contributed by atoms with Crippen molar-refractivity contribution in [1.29, 1.82) is 0 Å². The van der Waals surface area contributed by atoms with Gasteiger partial charge in [0.2, 0.25) is 5.91 Å². The van der Waals surface area contributed by atoms with Crippen molar-refractivity contribution in [2.24, 2.45) is 0 Å². The highest BCUT2D eigenvalue weighted by Gasteiger charge is 2.15. The Hall–Kier alpha value is -1.49. The van der Waals surface area contributed by atoms with E-state index in [1.165, 1.54) is 11.8 Å². The van der Waals surface area contributed by atoms with Crippen LogP contribution < -0.4 is 5.32 Å². The van der Waals surface area contributed by atoms with Crippen LogP contribution in [0.5, 0.6) is 0 Å². The van der Waals surface area contributed by atoms with Gasteiger partial charge in [0, 0.05) is 11.3 Å². The molecule has 0 saturated carbocycles. The summed E-state index contributed by atoms with van der Waals surface area (Å²) in [6, 6.07) is 7.29. The quantitative estimate of drug-likeness (QED) is 0.566. The number of carboxylic acid groups (broad SMARTS) is 1. The Kier molecular flexibility index (Phi) is 7.15. The molecule has 0 heterocycles. The normalized spacial score (nSPS) is 11.9. The van der Waals surface area contributed by atoms with Gasteiger partial charge in [0.1, 0.15) is 5.25 Å². The van der Waals surface area contributed by atoms with Crippen molar-refractivity contribution in [2.75, 3.05) is 5.32 Å².